The van der Waals surface area contributed by atoms with Gasteiger partial charge >= 0.3 is 0 Å². The number of pyridine rings is 1. The van der Waals surface area contributed by atoms with Crippen LogP contribution in [0.15, 0.2) is 29.4 Å². The van der Waals surface area contributed by atoms with Crippen molar-refractivity contribution in [1.29, 1.82) is 0 Å². The van der Waals surface area contributed by atoms with Crippen LogP contribution in [0, 0.1) is 11.8 Å². The Balaban J connectivity index is 2.25. The van der Waals surface area contributed by atoms with Crippen molar-refractivity contribution >= 4 is 58.2 Å². The van der Waals surface area contributed by atoms with E-state index in [-0.39, 0.29) is 11.4 Å². The zero-order valence-electron chi connectivity index (χ0n) is 12.3. The molecule has 2 atom stereocenters. The summed E-state index contributed by atoms with van der Waals surface area (Å²) in [5.74, 6) is -10.3. The van der Waals surface area contributed by atoms with Crippen LogP contribution in [-0.4, -0.2) is 24.8 Å². The number of hydrogen-bond donors (Lipinski definition) is 0. The van der Waals surface area contributed by atoms with E-state index in [2.05, 4.69) is 4.98 Å². The molecule has 0 amide bonds. The molecule has 0 saturated heterocycles. The molecular formula is C14H13Cl4F4NS. The summed E-state index contributed by atoms with van der Waals surface area (Å²) >= 11 is 23.6. The lowest BCUT2D eigenvalue weighted by Crippen LogP contribution is -2.49. The van der Waals surface area contributed by atoms with E-state index in [1.807, 2.05) is 0 Å². The van der Waals surface area contributed by atoms with Crippen LogP contribution < -0.4 is 0 Å². The van der Waals surface area contributed by atoms with E-state index in [0.29, 0.717) is 11.8 Å². The molecule has 1 aliphatic rings. The Morgan fingerprint density at radius 2 is 1.92 bits per heavy atom. The Kier molecular flexibility index (Phi) is 5.90. The topological polar surface area (TPSA) is 12.9 Å². The number of alkyl halides is 8. The molecule has 1 fully saturated rings. The lowest BCUT2D eigenvalue weighted by atomic mass is 9.87. The first-order valence-corrected chi connectivity index (χ1v) is 9.27. The third-order valence-corrected chi connectivity index (χ3v) is 7.22. The molecule has 0 N–H and O–H groups in total. The highest BCUT2D eigenvalue weighted by Crippen LogP contribution is 2.62. The predicted octanol–water partition coefficient (Wildman–Crippen LogP) is 6.80. The first-order chi connectivity index (χ1) is 10.8. The second kappa shape index (κ2) is 6.84. The highest BCUT2D eigenvalue weighted by molar-refractivity contribution is 8.03. The van der Waals surface area contributed by atoms with Crippen LogP contribution >= 0.6 is 58.2 Å². The van der Waals surface area contributed by atoms with Crippen molar-refractivity contribution in [2.45, 2.75) is 44.6 Å². The molecule has 0 aliphatic heterocycles. The fourth-order valence-electron chi connectivity index (χ4n) is 2.64. The monoisotopic (exact) mass is 443 g/mol. The number of hydrogen-bond acceptors (Lipinski definition) is 2. The van der Waals surface area contributed by atoms with Crippen LogP contribution in [0.1, 0.15) is 19.8 Å². The van der Waals surface area contributed by atoms with Gasteiger partial charge in [0.2, 0.25) is 3.67 Å². The summed E-state index contributed by atoms with van der Waals surface area (Å²) in [6.45, 7) is 1.07. The van der Waals surface area contributed by atoms with Crippen molar-refractivity contribution in [3.63, 3.8) is 0 Å². The summed E-state index contributed by atoms with van der Waals surface area (Å²) in [6.07, 6.45) is 0.471. The van der Waals surface area contributed by atoms with Gasteiger partial charge in [0, 0.05) is 24.5 Å². The predicted molar refractivity (Wildman–Crippen MR) is 90.8 cm³/mol. The van der Waals surface area contributed by atoms with Gasteiger partial charge in [0.1, 0.15) is 0 Å². The average Bonchev–Trinajstić information content (AvgIpc) is 2.67. The van der Waals surface area contributed by atoms with Crippen LogP contribution in [0.4, 0.5) is 17.6 Å². The number of thioether (sulfide) groups is 1. The minimum atomic E-state index is -3.75. The van der Waals surface area contributed by atoms with Gasteiger partial charge in [-0.1, -0.05) is 71.2 Å². The number of rotatable bonds is 5. The Labute approximate surface area is 161 Å². The summed E-state index contributed by atoms with van der Waals surface area (Å²) in [5, 5.41) is 0.175. The molecule has 0 radical (unpaired) electrons. The molecule has 1 heterocycles. The Morgan fingerprint density at radius 3 is 2.38 bits per heavy atom. The summed E-state index contributed by atoms with van der Waals surface area (Å²) in [5.41, 5.74) is 0. The van der Waals surface area contributed by atoms with Crippen LogP contribution in [-0.2, 0) is 0 Å². The smallest absolute Gasteiger partial charge is 0.250 e. The molecule has 0 spiro atoms. The summed E-state index contributed by atoms with van der Waals surface area (Å²) < 4.78 is 52.0. The molecule has 0 unspecified atom stereocenters. The van der Waals surface area contributed by atoms with E-state index in [0.717, 1.165) is 6.92 Å². The molecule has 10 heteroatoms. The van der Waals surface area contributed by atoms with Crippen molar-refractivity contribution in [3.05, 3.63) is 24.4 Å². The summed E-state index contributed by atoms with van der Waals surface area (Å²) in [7, 11) is 0. The van der Waals surface area contributed by atoms with Gasteiger partial charge in [-0.25, -0.2) is 22.5 Å². The average molecular weight is 445 g/mol. The van der Waals surface area contributed by atoms with Crippen molar-refractivity contribution in [3.8, 4) is 0 Å². The van der Waals surface area contributed by atoms with E-state index in [9.17, 15) is 17.6 Å². The zero-order valence-corrected chi connectivity index (χ0v) is 16.1. The third-order valence-electron chi connectivity index (χ3n) is 4.16. The van der Waals surface area contributed by atoms with E-state index >= 15 is 0 Å². The largest absolute Gasteiger partial charge is 0.292 e. The normalized spacial score (nSPS) is 24.8. The molecule has 2 rings (SSSR count). The van der Waals surface area contributed by atoms with Gasteiger partial charge in [-0.3, -0.25) is 0 Å². The lowest BCUT2D eigenvalue weighted by Gasteiger charge is -2.39. The Morgan fingerprint density at radius 1 is 1.29 bits per heavy atom. The number of aromatic nitrogens is 1. The first kappa shape index (κ1) is 20.7. The number of halogens is 8. The maximum Gasteiger partial charge on any atom is 0.292 e. The minimum Gasteiger partial charge on any atom is -0.250 e. The molecule has 1 aromatic heterocycles. The van der Waals surface area contributed by atoms with E-state index < -0.39 is 38.1 Å². The first-order valence-electron chi connectivity index (χ1n) is 6.94. The maximum atomic E-state index is 14.9. The molecule has 1 nitrogen and oxygen atoms in total. The van der Waals surface area contributed by atoms with Gasteiger partial charge < -0.3 is 0 Å². The van der Waals surface area contributed by atoms with Gasteiger partial charge in [-0.2, -0.15) is 0 Å². The van der Waals surface area contributed by atoms with E-state index in [1.165, 1.54) is 12.3 Å². The zero-order chi connectivity index (χ0) is 18.4. The standard InChI is InChI=1S/C14H13Cl4F4NS/c1-8(9-5-6-11(19,20)12(9,15)16)13(21,22)14(17,18)24-10-4-2-3-7-23-10/h2-4,7-9H,5-6H2,1H3/t8-,9+/m0/s1. The molecule has 136 valence electrons. The Bertz CT molecular complexity index is 585. The van der Waals surface area contributed by atoms with Gasteiger partial charge in [0.15, 0.2) is 4.33 Å². The van der Waals surface area contributed by atoms with Gasteiger partial charge in [-0.05, 0) is 18.6 Å². The molecule has 1 aliphatic carbocycles. The van der Waals surface area contributed by atoms with Crippen LogP contribution in [0.25, 0.3) is 0 Å². The summed E-state index contributed by atoms with van der Waals surface area (Å²) in [4.78, 5) is 3.87. The highest BCUT2D eigenvalue weighted by atomic mass is 35.5. The third kappa shape index (κ3) is 3.59. The summed E-state index contributed by atoms with van der Waals surface area (Å²) in [6, 6.07) is 4.65. The van der Waals surface area contributed by atoms with Crippen LogP contribution in [0.2, 0.25) is 0 Å². The number of nitrogens with zero attached hydrogens (tertiary/aromatic N) is 1. The Hall–Kier alpha value is 0.380. The fourth-order valence-corrected chi connectivity index (χ4v) is 5.09. The van der Waals surface area contributed by atoms with Crippen molar-refractivity contribution in [1.82, 2.24) is 4.98 Å². The maximum absolute atomic E-state index is 14.9. The second-order valence-corrected chi connectivity index (χ2v) is 10.1. The SMILES string of the molecule is C[C@@H]([C@H]1CCC(F)(F)C1(Cl)Cl)C(F)(F)C(Cl)(Cl)Sc1ccccn1. The van der Waals surface area contributed by atoms with Crippen LogP contribution in [0.3, 0.4) is 0 Å². The van der Waals surface area contributed by atoms with Crippen molar-refractivity contribution in [2.75, 3.05) is 0 Å². The highest BCUT2D eigenvalue weighted by Gasteiger charge is 2.68. The second-order valence-electron chi connectivity index (χ2n) is 5.67. The van der Waals surface area contributed by atoms with Gasteiger partial charge in [0.05, 0.1) is 5.03 Å². The fraction of sp³-hybridized carbons (Fsp3) is 0.643. The minimum absolute atomic E-state index is 0.175. The van der Waals surface area contributed by atoms with E-state index in [4.69, 9.17) is 46.4 Å². The molecule has 0 bridgehead atoms. The quantitative estimate of drug-likeness (QED) is 0.281. The van der Waals surface area contributed by atoms with Crippen LogP contribution in [0.5, 0.6) is 0 Å². The molecule has 24 heavy (non-hydrogen) atoms. The molecule has 1 aromatic rings. The van der Waals surface area contributed by atoms with Crippen molar-refractivity contribution in [2.24, 2.45) is 11.8 Å². The molecule has 0 aromatic carbocycles. The molecule has 1 saturated carbocycles. The molecular weight excluding hydrogens is 432 g/mol. The van der Waals surface area contributed by atoms with E-state index in [1.54, 1.807) is 12.1 Å². The van der Waals surface area contributed by atoms with Crippen molar-refractivity contribution < 1.29 is 17.6 Å². The lowest BCUT2D eigenvalue weighted by molar-refractivity contribution is -0.0769. The van der Waals surface area contributed by atoms with Gasteiger partial charge in [-0.15, -0.1) is 0 Å². The van der Waals surface area contributed by atoms with Gasteiger partial charge in [0.25, 0.3) is 11.8 Å².